The summed E-state index contributed by atoms with van der Waals surface area (Å²) in [5.41, 5.74) is 7.20. The number of methoxy groups -OCH3 is 1. The molecule has 0 aromatic heterocycles. The van der Waals surface area contributed by atoms with Gasteiger partial charge in [0.25, 0.3) is 0 Å². The zero-order valence-corrected chi connectivity index (χ0v) is 12.1. The third kappa shape index (κ3) is 3.48. The third-order valence-electron chi connectivity index (χ3n) is 4.30. The van der Waals surface area contributed by atoms with Gasteiger partial charge in [-0.1, -0.05) is 25.5 Å². The lowest BCUT2D eigenvalue weighted by molar-refractivity contribution is 0.357. The lowest BCUT2D eigenvalue weighted by atomic mass is 9.99. The summed E-state index contributed by atoms with van der Waals surface area (Å²) in [4.78, 5) is 0. The molecule has 19 heavy (non-hydrogen) atoms. The summed E-state index contributed by atoms with van der Waals surface area (Å²) in [6.45, 7) is 3.03. The molecule has 1 aromatic rings. The summed E-state index contributed by atoms with van der Waals surface area (Å²) >= 11 is 0. The third-order valence-corrected chi connectivity index (χ3v) is 4.30. The van der Waals surface area contributed by atoms with Gasteiger partial charge < -0.3 is 15.8 Å². The van der Waals surface area contributed by atoms with Gasteiger partial charge in [-0.05, 0) is 49.4 Å². The Morgan fingerprint density at radius 1 is 1.32 bits per heavy atom. The number of hydrogen-bond donors (Lipinski definition) is 2. The van der Waals surface area contributed by atoms with Crippen LogP contribution in [0.25, 0.3) is 0 Å². The van der Waals surface area contributed by atoms with Crippen molar-refractivity contribution in [1.82, 2.24) is 5.32 Å². The van der Waals surface area contributed by atoms with Crippen molar-refractivity contribution in [2.75, 3.05) is 13.7 Å². The van der Waals surface area contributed by atoms with Crippen LogP contribution in [0.3, 0.4) is 0 Å². The second-order valence-electron chi connectivity index (χ2n) is 5.43. The predicted octanol–water partition coefficient (Wildman–Crippen LogP) is 2.86. The number of nitrogens with one attached hydrogen (secondary N) is 1. The SMILES string of the molecule is CCC(NC1CCCC1CN)c1ccc(OC)cc1. The summed E-state index contributed by atoms with van der Waals surface area (Å²) in [5, 5.41) is 3.80. The van der Waals surface area contributed by atoms with Crippen molar-refractivity contribution in [3.05, 3.63) is 29.8 Å². The van der Waals surface area contributed by atoms with E-state index in [0.29, 0.717) is 18.0 Å². The van der Waals surface area contributed by atoms with Crippen molar-refractivity contribution in [3.63, 3.8) is 0 Å². The molecule has 3 nitrogen and oxygen atoms in total. The molecule has 1 aliphatic rings. The Morgan fingerprint density at radius 2 is 2.05 bits per heavy atom. The number of rotatable bonds is 6. The molecule has 0 saturated heterocycles. The van der Waals surface area contributed by atoms with Gasteiger partial charge in [0.05, 0.1) is 7.11 Å². The van der Waals surface area contributed by atoms with Crippen LogP contribution in [-0.2, 0) is 0 Å². The largest absolute Gasteiger partial charge is 0.497 e. The summed E-state index contributed by atoms with van der Waals surface area (Å²) in [6.07, 6.45) is 4.93. The van der Waals surface area contributed by atoms with Crippen LogP contribution in [0.4, 0.5) is 0 Å². The summed E-state index contributed by atoms with van der Waals surface area (Å²) in [7, 11) is 1.70. The second-order valence-corrected chi connectivity index (χ2v) is 5.43. The van der Waals surface area contributed by atoms with Gasteiger partial charge in [-0.15, -0.1) is 0 Å². The highest BCUT2D eigenvalue weighted by Gasteiger charge is 2.27. The molecule has 1 aromatic carbocycles. The molecule has 3 heteroatoms. The Balaban J connectivity index is 2.02. The maximum absolute atomic E-state index is 5.86. The molecular formula is C16H26N2O. The van der Waals surface area contributed by atoms with Crippen LogP contribution in [0, 0.1) is 5.92 Å². The molecule has 0 radical (unpaired) electrons. The lowest BCUT2D eigenvalue weighted by Gasteiger charge is -2.26. The van der Waals surface area contributed by atoms with Crippen LogP contribution >= 0.6 is 0 Å². The number of benzene rings is 1. The second kappa shape index (κ2) is 6.92. The molecular weight excluding hydrogens is 236 g/mol. The smallest absolute Gasteiger partial charge is 0.118 e. The number of nitrogens with two attached hydrogens (primary N) is 1. The molecule has 3 N–H and O–H groups in total. The standard InChI is InChI=1S/C16H26N2O/c1-3-15(12-7-9-14(19-2)10-8-12)18-16-6-4-5-13(16)11-17/h7-10,13,15-16,18H,3-6,11,17H2,1-2H3. The Hall–Kier alpha value is -1.06. The van der Waals surface area contributed by atoms with Crippen LogP contribution in [-0.4, -0.2) is 19.7 Å². The van der Waals surface area contributed by atoms with E-state index in [1.807, 2.05) is 12.1 Å². The molecule has 0 bridgehead atoms. The quantitative estimate of drug-likeness (QED) is 0.828. The Bertz CT molecular complexity index is 377. The summed E-state index contributed by atoms with van der Waals surface area (Å²) < 4.78 is 5.21. The van der Waals surface area contributed by atoms with E-state index in [4.69, 9.17) is 10.5 Å². The van der Waals surface area contributed by atoms with Crippen LogP contribution in [0.1, 0.15) is 44.2 Å². The van der Waals surface area contributed by atoms with Crippen molar-refractivity contribution in [1.29, 1.82) is 0 Å². The molecule has 3 unspecified atom stereocenters. The highest BCUT2D eigenvalue weighted by Crippen LogP contribution is 2.28. The van der Waals surface area contributed by atoms with Gasteiger partial charge in [-0.2, -0.15) is 0 Å². The number of hydrogen-bond acceptors (Lipinski definition) is 3. The molecule has 2 rings (SSSR count). The van der Waals surface area contributed by atoms with Gasteiger partial charge in [0.1, 0.15) is 5.75 Å². The highest BCUT2D eigenvalue weighted by atomic mass is 16.5. The normalized spacial score (nSPS) is 24.4. The fourth-order valence-corrected chi connectivity index (χ4v) is 3.08. The average Bonchev–Trinajstić information content (AvgIpc) is 2.92. The van der Waals surface area contributed by atoms with E-state index >= 15 is 0 Å². The van der Waals surface area contributed by atoms with E-state index < -0.39 is 0 Å². The Morgan fingerprint density at radius 3 is 2.63 bits per heavy atom. The van der Waals surface area contributed by atoms with E-state index in [1.54, 1.807) is 7.11 Å². The molecule has 3 atom stereocenters. The first-order chi connectivity index (χ1) is 9.28. The van der Waals surface area contributed by atoms with Crippen molar-refractivity contribution in [3.8, 4) is 5.75 Å². The van der Waals surface area contributed by atoms with E-state index in [1.165, 1.54) is 24.8 Å². The van der Waals surface area contributed by atoms with Gasteiger partial charge >= 0.3 is 0 Å². The van der Waals surface area contributed by atoms with Gasteiger partial charge in [-0.25, -0.2) is 0 Å². The van der Waals surface area contributed by atoms with Crippen LogP contribution in [0.15, 0.2) is 24.3 Å². The van der Waals surface area contributed by atoms with Crippen molar-refractivity contribution in [2.45, 2.75) is 44.7 Å². The van der Waals surface area contributed by atoms with E-state index in [-0.39, 0.29) is 0 Å². The first kappa shape index (κ1) is 14.4. The minimum atomic E-state index is 0.419. The maximum Gasteiger partial charge on any atom is 0.118 e. The fourth-order valence-electron chi connectivity index (χ4n) is 3.08. The Labute approximate surface area is 116 Å². The van der Waals surface area contributed by atoms with Crippen molar-refractivity contribution < 1.29 is 4.74 Å². The average molecular weight is 262 g/mol. The fraction of sp³-hybridized carbons (Fsp3) is 0.625. The zero-order chi connectivity index (χ0) is 13.7. The molecule has 1 aliphatic carbocycles. The monoisotopic (exact) mass is 262 g/mol. The summed E-state index contributed by atoms with van der Waals surface area (Å²) in [5.74, 6) is 1.56. The first-order valence-electron chi connectivity index (χ1n) is 7.38. The van der Waals surface area contributed by atoms with Crippen molar-refractivity contribution in [2.24, 2.45) is 11.7 Å². The molecule has 0 aliphatic heterocycles. The predicted molar refractivity (Wildman–Crippen MR) is 79.3 cm³/mol. The molecule has 0 amide bonds. The molecule has 0 spiro atoms. The first-order valence-corrected chi connectivity index (χ1v) is 7.38. The summed E-state index contributed by atoms with van der Waals surface area (Å²) in [6, 6.07) is 9.39. The lowest BCUT2D eigenvalue weighted by Crippen LogP contribution is -2.38. The van der Waals surface area contributed by atoms with Gasteiger partial charge in [-0.3, -0.25) is 0 Å². The number of ether oxygens (including phenoxy) is 1. The molecule has 1 fully saturated rings. The van der Waals surface area contributed by atoms with E-state index in [0.717, 1.165) is 18.7 Å². The Kier molecular flexibility index (Phi) is 5.23. The zero-order valence-electron chi connectivity index (χ0n) is 12.1. The van der Waals surface area contributed by atoms with Crippen molar-refractivity contribution >= 4 is 0 Å². The topological polar surface area (TPSA) is 47.3 Å². The maximum atomic E-state index is 5.86. The molecule has 0 heterocycles. The minimum absolute atomic E-state index is 0.419. The molecule has 106 valence electrons. The van der Waals surface area contributed by atoms with E-state index in [2.05, 4.69) is 24.4 Å². The van der Waals surface area contributed by atoms with Gasteiger partial charge in [0, 0.05) is 12.1 Å². The molecule has 1 saturated carbocycles. The van der Waals surface area contributed by atoms with Gasteiger partial charge in [0.2, 0.25) is 0 Å². The minimum Gasteiger partial charge on any atom is -0.497 e. The van der Waals surface area contributed by atoms with E-state index in [9.17, 15) is 0 Å². The van der Waals surface area contributed by atoms with Crippen LogP contribution in [0.5, 0.6) is 5.75 Å². The van der Waals surface area contributed by atoms with Gasteiger partial charge in [0.15, 0.2) is 0 Å². The van der Waals surface area contributed by atoms with Crippen LogP contribution in [0.2, 0.25) is 0 Å². The highest BCUT2D eigenvalue weighted by molar-refractivity contribution is 5.29. The van der Waals surface area contributed by atoms with Crippen LogP contribution < -0.4 is 15.8 Å².